The van der Waals surface area contributed by atoms with E-state index in [4.69, 9.17) is 4.74 Å². The molecule has 0 radical (unpaired) electrons. The molecule has 0 saturated carbocycles. The average Bonchev–Trinajstić information content (AvgIpc) is 2.92. The molecule has 1 unspecified atom stereocenters. The largest absolute Gasteiger partial charge is 0.373 e. The number of aromatic nitrogens is 2. The topological polar surface area (TPSA) is 41.5 Å². The van der Waals surface area contributed by atoms with Gasteiger partial charge in [-0.25, -0.2) is 9.97 Å². The second-order valence-corrected chi connectivity index (χ2v) is 6.55. The number of rotatable bonds is 3. The van der Waals surface area contributed by atoms with Gasteiger partial charge in [0, 0.05) is 31.5 Å². The minimum atomic E-state index is 0.0921. The first kappa shape index (κ1) is 14.7. The summed E-state index contributed by atoms with van der Waals surface area (Å²) in [4.78, 5) is 13.6. The fourth-order valence-corrected chi connectivity index (χ4v) is 3.31. The Balaban J connectivity index is 1.60. The van der Waals surface area contributed by atoms with Gasteiger partial charge in [-0.1, -0.05) is 6.92 Å². The first-order valence-electron chi connectivity index (χ1n) is 7.98. The third-order valence-electron chi connectivity index (χ3n) is 4.98. The van der Waals surface area contributed by atoms with Gasteiger partial charge in [-0.15, -0.1) is 0 Å². The maximum absolute atomic E-state index is 6.17. The number of aryl methyl sites for hydroxylation is 1. The summed E-state index contributed by atoms with van der Waals surface area (Å²) in [5.74, 6) is 0.865. The smallest absolute Gasteiger partial charge is 0.225 e. The summed E-state index contributed by atoms with van der Waals surface area (Å²) in [7, 11) is 4.29. The highest BCUT2D eigenvalue weighted by molar-refractivity contribution is 5.31. The fourth-order valence-electron chi connectivity index (χ4n) is 3.31. The molecule has 2 aliphatic heterocycles. The predicted molar refractivity (Wildman–Crippen MR) is 83.6 cm³/mol. The van der Waals surface area contributed by atoms with Crippen molar-refractivity contribution in [2.75, 3.05) is 38.7 Å². The SMILES string of the molecule is CCc1cnc(N2CCC3(CC2)CC(N(C)C)CO3)nc1. The van der Waals surface area contributed by atoms with Crippen LogP contribution in [0.15, 0.2) is 12.4 Å². The van der Waals surface area contributed by atoms with Crippen molar-refractivity contribution in [1.29, 1.82) is 0 Å². The van der Waals surface area contributed by atoms with Gasteiger partial charge >= 0.3 is 0 Å². The quantitative estimate of drug-likeness (QED) is 0.848. The Hall–Kier alpha value is -1.20. The molecule has 1 spiro atoms. The molecule has 0 aliphatic carbocycles. The number of anilines is 1. The standard InChI is InChI=1S/C16H26N4O/c1-4-13-10-17-15(18-11-13)20-7-5-16(6-8-20)9-14(12-21-16)19(2)3/h10-11,14H,4-9,12H2,1-3H3. The van der Waals surface area contributed by atoms with Gasteiger partial charge in [-0.05, 0) is 45.3 Å². The number of likely N-dealkylation sites (N-methyl/N-ethyl adjacent to an activating group) is 1. The van der Waals surface area contributed by atoms with Gasteiger partial charge in [0.1, 0.15) is 0 Å². The van der Waals surface area contributed by atoms with Crippen molar-refractivity contribution < 1.29 is 4.74 Å². The van der Waals surface area contributed by atoms with Crippen LogP contribution in [-0.2, 0) is 11.2 Å². The van der Waals surface area contributed by atoms with Gasteiger partial charge in [0.05, 0.1) is 12.2 Å². The molecule has 1 aromatic rings. The van der Waals surface area contributed by atoms with Crippen LogP contribution in [0.25, 0.3) is 0 Å². The Kier molecular flexibility index (Phi) is 4.13. The van der Waals surface area contributed by atoms with Gasteiger partial charge in [0.15, 0.2) is 0 Å². The minimum Gasteiger partial charge on any atom is -0.373 e. The minimum absolute atomic E-state index is 0.0921. The number of ether oxygens (including phenoxy) is 1. The fraction of sp³-hybridized carbons (Fsp3) is 0.750. The van der Waals surface area contributed by atoms with Crippen molar-refractivity contribution in [3.63, 3.8) is 0 Å². The summed E-state index contributed by atoms with van der Waals surface area (Å²) >= 11 is 0. The number of nitrogens with zero attached hydrogens (tertiary/aromatic N) is 4. The monoisotopic (exact) mass is 290 g/mol. The molecule has 0 N–H and O–H groups in total. The highest BCUT2D eigenvalue weighted by Gasteiger charge is 2.43. The van der Waals surface area contributed by atoms with Crippen LogP contribution in [0, 0.1) is 0 Å². The number of piperidine rings is 1. The lowest BCUT2D eigenvalue weighted by Crippen LogP contribution is -2.45. The lowest BCUT2D eigenvalue weighted by molar-refractivity contribution is -0.0157. The second-order valence-electron chi connectivity index (χ2n) is 6.55. The summed E-state index contributed by atoms with van der Waals surface area (Å²) in [6.45, 7) is 4.98. The van der Waals surface area contributed by atoms with Crippen LogP contribution in [0.5, 0.6) is 0 Å². The molecule has 0 bridgehead atoms. The summed E-state index contributed by atoms with van der Waals surface area (Å²) in [5.41, 5.74) is 1.29. The van der Waals surface area contributed by atoms with Gasteiger partial charge in [-0.3, -0.25) is 0 Å². The molecule has 3 heterocycles. The third kappa shape index (κ3) is 3.04. The highest BCUT2D eigenvalue weighted by Crippen LogP contribution is 2.37. The Labute approximate surface area is 127 Å². The summed E-state index contributed by atoms with van der Waals surface area (Å²) < 4.78 is 6.17. The van der Waals surface area contributed by atoms with Gasteiger partial charge < -0.3 is 14.5 Å². The van der Waals surface area contributed by atoms with E-state index in [9.17, 15) is 0 Å². The van der Waals surface area contributed by atoms with Crippen molar-refractivity contribution >= 4 is 5.95 Å². The molecule has 5 heteroatoms. The summed E-state index contributed by atoms with van der Waals surface area (Å²) in [6, 6.07) is 0.566. The average molecular weight is 290 g/mol. The van der Waals surface area contributed by atoms with Gasteiger partial charge in [0.25, 0.3) is 0 Å². The predicted octanol–water partition coefficient (Wildman–Crippen LogP) is 1.73. The van der Waals surface area contributed by atoms with Crippen molar-refractivity contribution in [3.05, 3.63) is 18.0 Å². The van der Waals surface area contributed by atoms with E-state index in [2.05, 4.69) is 40.8 Å². The Bertz CT molecular complexity index is 466. The van der Waals surface area contributed by atoms with Crippen molar-refractivity contribution in [1.82, 2.24) is 14.9 Å². The molecular formula is C16H26N4O. The molecule has 116 valence electrons. The maximum atomic E-state index is 6.17. The Morgan fingerprint density at radius 2 is 1.95 bits per heavy atom. The van der Waals surface area contributed by atoms with Crippen LogP contribution in [-0.4, -0.2) is 60.3 Å². The zero-order valence-corrected chi connectivity index (χ0v) is 13.4. The maximum Gasteiger partial charge on any atom is 0.225 e. The van der Waals surface area contributed by atoms with Crippen LogP contribution < -0.4 is 4.90 Å². The molecule has 1 atom stereocenters. The van der Waals surface area contributed by atoms with E-state index in [1.807, 2.05) is 12.4 Å². The normalized spacial score (nSPS) is 25.0. The molecule has 21 heavy (non-hydrogen) atoms. The van der Waals surface area contributed by atoms with Gasteiger partial charge in [0.2, 0.25) is 5.95 Å². The van der Waals surface area contributed by atoms with Crippen molar-refractivity contribution in [2.24, 2.45) is 0 Å². The van der Waals surface area contributed by atoms with Crippen LogP contribution in [0.1, 0.15) is 31.7 Å². The van der Waals surface area contributed by atoms with E-state index in [-0.39, 0.29) is 5.60 Å². The first-order valence-corrected chi connectivity index (χ1v) is 7.98. The first-order chi connectivity index (χ1) is 10.1. The van der Waals surface area contributed by atoms with Crippen LogP contribution in [0.3, 0.4) is 0 Å². The van der Waals surface area contributed by atoms with E-state index in [1.165, 1.54) is 5.56 Å². The van der Waals surface area contributed by atoms with E-state index >= 15 is 0 Å². The lowest BCUT2D eigenvalue weighted by Gasteiger charge is -2.38. The van der Waals surface area contributed by atoms with Crippen molar-refractivity contribution in [3.8, 4) is 0 Å². The van der Waals surface area contributed by atoms with E-state index in [0.717, 1.165) is 51.3 Å². The molecule has 0 amide bonds. The molecular weight excluding hydrogens is 264 g/mol. The Morgan fingerprint density at radius 3 is 2.48 bits per heavy atom. The van der Waals surface area contributed by atoms with E-state index in [1.54, 1.807) is 0 Å². The number of hydrogen-bond donors (Lipinski definition) is 0. The lowest BCUT2D eigenvalue weighted by atomic mass is 9.87. The van der Waals surface area contributed by atoms with Crippen molar-refractivity contribution in [2.45, 2.75) is 44.2 Å². The molecule has 1 aromatic heterocycles. The van der Waals surface area contributed by atoms with Crippen LogP contribution in [0.4, 0.5) is 5.95 Å². The highest BCUT2D eigenvalue weighted by atomic mass is 16.5. The summed E-state index contributed by atoms with van der Waals surface area (Å²) in [6.07, 6.45) is 8.20. The molecule has 2 saturated heterocycles. The molecule has 2 fully saturated rings. The van der Waals surface area contributed by atoms with E-state index in [0.29, 0.717) is 6.04 Å². The molecule has 3 rings (SSSR count). The summed E-state index contributed by atoms with van der Waals surface area (Å²) in [5, 5.41) is 0. The third-order valence-corrected chi connectivity index (χ3v) is 4.98. The number of hydrogen-bond acceptors (Lipinski definition) is 5. The van der Waals surface area contributed by atoms with E-state index < -0.39 is 0 Å². The molecule has 0 aromatic carbocycles. The second kappa shape index (κ2) is 5.89. The van der Waals surface area contributed by atoms with Crippen LogP contribution in [0.2, 0.25) is 0 Å². The molecule has 2 aliphatic rings. The zero-order chi connectivity index (χ0) is 14.9. The molecule has 5 nitrogen and oxygen atoms in total. The van der Waals surface area contributed by atoms with Crippen LogP contribution >= 0.6 is 0 Å². The Morgan fingerprint density at radius 1 is 1.29 bits per heavy atom. The van der Waals surface area contributed by atoms with Gasteiger partial charge in [-0.2, -0.15) is 0 Å². The zero-order valence-electron chi connectivity index (χ0n) is 13.4.